The summed E-state index contributed by atoms with van der Waals surface area (Å²) < 4.78 is 69.0. The number of aryl methyl sites for hydroxylation is 1. The molecule has 1 amide bonds. The second kappa shape index (κ2) is 12.6. The van der Waals surface area contributed by atoms with E-state index in [1.54, 1.807) is 18.5 Å². The summed E-state index contributed by atoms with van der Waals surface area (Å²) in [6.07, 6.45) is 2.70. The predicted molar refractivity (Wildman–Crippen MR) is 124 cm³/mol. The van der Waals surface area contributed by atoms with Crippen LogP contribution in [0.2, 0.25) is 0 Å². The van der Waals surface area contributed by atoms with Gasteiger partial charge in [-0.1, -0.05) is 6.92 Å². The molecule has 1 fully saturated rings. The molecule has 1 aliphatic heterocycles. The molecule has 0 radical (unpaired) electrons. The summed E-state index contributed by atoms with van der Waals surface area (Å²) >= 11 is 0. The van der Waals surface area contributed by atoms with E-state index in [2.05, 4.69) is 24.7 Å². The fourth-order valence-corrected chi connectivity index (χ4v) is 5.93. The maximum Gasteiger partial charge on any atom is 0.422 e. The van der Waals surface area contributed by atoms with Crippen LogP contribution < -0.4 is 4.74 Å². The lowest BCUT2D eigenvalue weighted by Gasteiger charge is -2.34. The highest BCUT2D eigenvalue weighted by atomic mass is 32.2. The molecule has 2 atom stereocenters. The topological polar surface area (TPSA) is 139 Å². The van der Waals surface area contributed by atoms with E-state index < -0.39 is 34.6 Å². The molecule has 204 valence electrons. The van der Waals surface area contributed by atoms with Crippen molar-refractivity contribution in [2.45, 2.75) is 50.7 Å². The lowest BCUT2D eigenvalue weighted by molar-refractivity contribution is -0.158. The highest BCUT2D eigenvalue weighted by molar-refractivity contribution is 7.89. The van der Waals surface area contributed by atoms with Crippen LogP contribution in [0.5, 0.6) is 5.75 Å². The molecule has 0 aliphatic carbocycles. The molecule has 1 saturated heterocycles. The highest BCUT2D eigenvalue weighted by Gasteiger charge is 2.34. The first kappa shape index (κ1) is 28.7. The molecule has 0 saturated carbocycles. The summed E-state index contributed by atoms with van der Waals surface area (Å²) in [5.74, 6) is 0.284. The first-order chi connectivity index (χ1) is 17.5. The summed E-state index contributed by atoms with van der Waals surface area (Å²) in [4.78, 5) is 27.5. The van der Waals surface area contributed by atoms with Crippen molar-refractivity contribution in [2.24, 2.45) is 5.92 Å². The van der Waals surface area contributed by atoms with E-state index in [4.69, 9.17) is 0 Å². The van der Waals surface area contributed by atoms with Crippen LogP contribution in [0.3, 0.4) is 0 Å². The molecule has 1 aliphatic rings. The number of alkyl halides is 3. The van der Waals surface area contributed by atoms with Gasteiger partial charge in [-0.05, 0) is 31.2 Å². The van der Waals surface area contributed by atoms with E-state index in [0.717, 1.165) is 0 Å². The molecule has 3 rings (SSSR count). The number of aromatic nitrogens is 4. The normalized spacial score (nSPS) is 17.2. The number of rotatable bonds is 12. The van der Waals surface area contributed by atoms with Gasteiger partial charge in [0.15, 0.2) is 12.4 Å². The number of piperidine rings is 1. The summed E-state index contributed by atoms with van der Waals surface area (Å²) in [7, 11) is -3.79. The summed E-state index contributed by atoms with van der Waals surface area (Å²) in [5.41, 5.74) is 0. The third kappa shape index (κ3) is 8.57. The Bertz CT molecular complexity index is 1100. The fraction of sp³-hybridized carbons (Fsp3) is 0.591. The minimum atomic E-state index is -4.46. The van der Waals surface area contributed by atoms with Crippen molar-refractivity contribution in [1.82, 2.24) is 29.3 Å². The quantitative estimate of drug-likeness (QED) is 0.241. The van der Waals surface area contributed by atoms with E-state index in [1.807, 2.05) is 6.92 Å². The molecular formula is C22H29F3N6O5S. The van der Waals surface area contributed by atoms with Gasteiger partial charge in [0.25, 0.3) is 0 Å². The SMILES string of the molecule is CC(c1ncc(OCC(F)(F)F)cn1)C1CCN(S(=O)(=O)CC(CCc2ncccn2)N(O)C=O)CC1. The first-order valence-electron chi connectivity index (χ1n) is 11.7. The summed E-state index contributed by atoms with van der Waals surface area (Å²) in [5, 5.41) is 10.3. The second-order valence-electron chi connectivity index (χ2n) is 8.83. The van der Waals surface area contributed by atoms with E-state index in [0.29, 0.717) is 29.6 Å². The maximum absolute atomic E-state index is 13.1. The zero-order valence-corrected chi connectivity index (χ0v) is 21.0. The van der Waals surface area contributed by atoms with Crippen molar-refractivity contribution in [2.75, 3.05) is 25.4 Å². The molecule has 1 N–H and O–H groups in total. The largest absolute Gasteiger partial charge is 0.481 e. The number of carbonyl (C=O) groups excluding carboxylic acids is 1. The first-order valence-corrected chi connectivity index (χ1v) is 13.3. The van der Waals surface area contributed by atoms with Crippen molar-refractivity contribution < 1.29 is 36.3 Å². The number of sulfonamides is 1. The van der Waals surface area contributed by atoms with E-state index in [9.17, 15) is 31.6 Å². The van der Waals surface area contributed by atoms with Crippen molar-refractivity contribution in [1.29, 1.82) is 0 Å². The molecule has 15 heteroatoms. The number of hydrogen-bond donors (Lipinski definition) is 1. The Morgan fingerprint density at radius 2 is 1.81 bits per heavy atom. The standard InChI is InChI=1S/C22H29F3N6O5S/c1-16(21-28-11-19(12-29-21)36-14-22(23,24)25)17-5-9-30(10-6-17)37(34,35)13-18(31(33)15-32)3-4-20-26-7-2-8-27-20/h2,7-8,11-12,15-18,33H,3-6,9-10,13-14H2,1H3. The van der Waals surface area contributed by atoms with Gasteiger partial charge in [0, 0.05) is 37.8 Å². The Hall–Kier alpha value is -2.91. The number of ether oxygens (including phenoxy) is 1. The van der Waals surface area contributed by atoms with Crippen LogP contribution in [0.25, 0.3) is 0 Å². The predicted octanol–water partition coefficient (Wildman–Crippen LogP) is 2.20. The number of halogens is 3. The summed E-state index contributed by atoms with van der Waals surface area (Å²) in [6.45, 7) is 0.937. The van der Waals surface area contributed by atoms with Crippen molar-refractivity contribution >= 4 is 16.4 Å². The van der Waals surface area contributed by atoms with Crippen molar-refractivity contribution in [3.63, 3.8) is 0 Å². The zero-order valence-electron chi connectivity index (χ0n) is 20.2. The average Bonchev–Trinajstić information content (AvgIpc) is 2.89. The van der Waals surface area contributed by atoms with Crippen LogP contribution in [0, 0.1) is 5.92 Å². The number of carbonyl (C=O) groups is 1. The van der Waals surface area contributed by atoms with Gasteiger partial charge in [-0.15, -0.1) is 0 Å². The molecule has 3 heterocycles. The number of hydrogen-bond acceptors (Lipinski definition) is 9. The van der Waals surface area contributed by atoms with Crippen LogP contribution >= 0.6 is 0 Å². The van der Waals surface area contributed by atoms with E-state index in [1.165, 1.54) is 16.7 Å². The van der Waals surface area contributed by atoms with Gasteiger partial charge in [0.1, 0.15) is 11.6 Å². The number of amides is 1. The van der Waals surface area contributed by atoms with Gasteiger partial charge in [-0.2, -0.15) is 13.2 Å². The number of hydroxylamine groups is 2. The molecule has 0 bridgehead atoms. The highest BCUT2D eigenvalue weighted by Crippen LogP contribution is 2.32. The van der Waals surface area contributed by atoms with Gasteiger partial charge in [0.2, 0.25) is 16.4 Å². The molecule has 11 nitrogen and oxygen atoms in total. The van der Waals surface area contributed by atoms with Gasteiger partial charge < -0.3 is 4.74 Å². The molecule has 37 heavy (non-hydrogen) atoms. The Morgan fingerprint density at radius 3 is 2.38 bits per heavy atom. The second-order valence-corrected chi connectivity index (χ2v) is 10.8. The zero-order chi connectivity index (χ0) is 27.1. The van der Waals surface area contributed by atoms with Crippen molar-refractivity contribution in [3.05, 3.63) is 42.5 Å². The molecular weight excluding hydrogens is 517 g/mol. The fourth-order valence-electron chi connectivity index (χ4n) is 4.15. The third-order valence-electron chi connectivity index (χ3n) is 6.26. The lowest BCUT2D eigenvalue weighted by atomic mass is 9.85. The van der Waals surface area contributed by atoms with Crippen LogP contribution in [-0.4, -0.2) is 87.0 Å². The Kier molecular flexibility index (Phi) is 9.73. The molecule has 0 spiro atoms. The third-order valence-corrected chi connectivity index (χ3v) is 8.22. The minimum Gasteiger partial charge on any atom is -0.481 e. The smallest absolute Gasteiger partial charge is 0.422 e. The van der Waals surface area contributed by atoms with Crippen LogP contribution in [0.4, 0.5) is 13.2 Å². The monoisotopic (exact) mass is 546 g/mol. The van der Waals surface area contributed by atoms with Crippen LogP contribution in [0.15, 0.2) is 30.9 Å². The Morgan fingerprint density at radius 1 is 1.19 bits per heavy atom. The van der Waals surface area contributed by atoms with Gasteiger partial charge >= 0.3 is 6.18 Å². The molecule has 2 aromatic rings. The Balaban J connectivity index is 1.54. The number of nitrogens with zero attached hydrogens (tertiary/aromatic N) is 6. The van der Waals surface area contributed by atoms with Crippen LogP contribution in [0.1, 0.15) is 43.8 Å². The lowest BCUT2D eigenvalue weighted by Crippen LogP contribution is -2.46. The van der Waals surface area contributed by atoms with Gasteiger partial charge in [-0.3, -0.25) is 10.0 Å². The van der Waals surface area contributed by atoms with Gasteiger partial charge in [0.05, 0.1) is 24.2 Å². The maximum atomic E-state index is 13.1. The van der Waals surface area contributed by atoms with Gasteiger partial charge in [-0.25, -0.2) is 37.7 Å². The molecule has 2 aromatic heterocycles. The minimum absolute atomic E-state index is 0.0590. The van der Waals surface area contributed by atoms with E-state index >= 15 is 0 Å². The molecule has 0 aromatic carbocycles. The van der Waals surface area contributed by atoms with E-state index in [-0.39, 0.29) is 49.9 Å². The van der Waals surface area contributed by atoms with Crippen LogP contribution in [-0.2, 0) is 21.2 Å². The summed E-state index contributed by atoms with van der Waals surface area (Å²) in [6, 6.07) is 0.683. The Labute approximate surface area is 212 Å². The molecule has 2 unspecified atom stereocenters. The van der Waals surface area contributed by atoms with Crippen molar-refractivity contribution in [3.8, 4) is 5.75 Å². The average molecular weight is 547 g/mol.